The van der Waals surface area contributed by atoms with Gasteiger partial charge in [0.1, 0.15) is 0 Å². The van der Waals surface area contributed by atoms with Gasteiger partial charge in [0.15, 0.2) is 0 Å². The van der Waals surface area contributed by atoms with Crippen molar-refractivity contribution in [3.63, 3.8) is 0 Å². The second-order valence-electron chi connectivity index (χ2n) is 6.35. The Labute approximate surface area is 147 Å². The average molecular weight is 340 g/mol. The van der Waals surface area contributed by atoms with E-state index in [1.165, 1.54) is 0 Å². The van der Waals surface area contributed by atoms with Crippen molar-refractivity contribution in [3.05, 3.63) is 48.5 Å². The summed E-state index contributed by atoms with van der Waals surface area (Å²) in [5.74, 6) is -0.0250. The number of benzene rings is 1. The molecule has 1 aliphatic heterocycles. The Morgan fingerprint density at radius 2 is 2.00 bits per heavy atom. The van der Waals surface area contributed by atoms with Crippen LogP contribution in [0.2, 0.25) is 0 Å². The zero-order valence-corrected chi connectivity index (χ0v) is 14.4. The van der Waals surface area contributed by atoms with E-state index in [1.54, 1.807) is 17.4 Å². The molecular weight excluding hydrogens is 316 g/mol. The summed E-state index contributed by atoms with van der Waals surface area (Å²) in [4.78, 5) is 30.2. The van der Waals surface area contributed by atoms with Gasteiger partial charge in [-0.2, -0.15) is 0 Å². The highest BCUT2D eigenvalue weighted by atomic mass is 16.2. The molecule has 6 heteroatoms. The Morgan fingerprint density at radius 3 is 2.84 bits per heavy atom. The minimum absolute atomic E-state index is 0.0914. The van der Waals surface area contributed by atoms with Crippen molar-refractivity contribution in [2.24, 2.45) is 0 Å². The van der Waals surface area contributed by atoms with Crippen LogP contribution in [-0.2, 0) is 16.1 Å². The minimum atomic E-state index is -0.116. The number of carbonyl (C=O) groups excluding carboxylic acids is 2. The Kier molecular flexibility index (Phi) is 5.82. The first-order valence-electron chi connectivity index (χ1n) is 8.85. The molecule has 1 aromatic carbocycles. The molecule has 3 rings (SSSR count). The van der Waals surface area contributed by atoms with Crippen molar-refractivity contribution in [2.75, 3.05) is 13.1 Å². The van der Waals surface area contributed by atoms with Crippen LogP contribution >= 0.6 is 0 Å². The lowest BCUT2D eigenvalue weighted by Crippen LogP contribution is -2.41. The second kappa shape index (κ2) is 8.46. The van der Waals surface area contributed by atoms with Crippen molar-refractivity contribution >= 4 is 11.8 Å². The molecule has 2 amide bonds. The number of amides is 2. The Bertz CT molecular complexity index is 712. The number of para-hydroxylation sites is 1. The van der Waals surface area contributed by atoms with E-state index in [1.807, 2.05) is 35.0 Å². The van der Waals surface area contributed by atoms with Gasteiger partial charge in [-0.05, 0) is 24.5 Å². The third kappa shape index (κ3) is 4.68. The maximum Gasteiger partial charge on any atom is 0.239 e. The van der Waals surface area contributed by atoms with Gasteiger partial charge in [0.05, 0.1) is 18.6 Å². The fraction of sp³-hybridized carbons (Fsp3) is 0.421. The van der Waals surface area contributed by atoms with Gasteiger partial charge < -0.3 is 14.8 Å². The van der Waals surface area contributed by atoms with E-state index in [-0.39, 0.29) is 18.4 Å². The third-order valence-corrected chi connectivity index (χ3v) is 4.51. The molecule has 0 bridgehead atoms. The van der Waals surface area contributed by atoms with Gasteiger partial charge >= 0.3 is 0 Å². The summed E-state index contributed by atoms with van der Waals surface area (Å²) < 4.78 is 1.92. The number of carbonyl (C=O) groups is 2. The number of hydrogen-bond acceptors (Lipinski definition) is 3. The zero-order valence-electron chi connectivity index (χ0n) is 14.4. The van der Waals surface area contributed by atoms with Crippen LogP contribution in [-0.4, -0.2) is 39.4 Å². The van der Waals surface area contributed by atoms with Crippen molar-refractivity contribution in [1.29, 1.82) is 0 Å². The number of nitrogens with one attached hydrogen (secondary N) is 1. The topological polar surface area (TPSA) is 67.2 Å². The normalized spacial score (nSPS) is 15.5. The fourth-order valence-corrected chi connectivity index (χ4v) is 3.12. The lowest BCUT2D eigenvalue weighted by atomic mass is 10.1. The summed E-state index contributed by atoms with van der Waals surface area (Å²) in [5.41, 5.74) is 2.00. The second-order valence-corrected chi connectivity index (χ2v) is 6.35. The molecule has 0 unspecified atom stereocenters. The number of nitrogens with zero attached hydrogens (tertiary/aromatic N) is 3. The molecule has 1 N–H and O–H groups in total. The summed E-state index contributed by atoms with van der Waals surface area (Å²) in [6.45, 7) is 1.25. The lowest BCUT2D eigenvalue weighted by molar-refractivity contribution is -0.136. The van der Waals surface area contributed by atoms with Crippen LogP contribution in [0.1, 0.15) is 37.7 Å². The molecule has 1 aliphatic rings. The van der Waals surface area contributed by atoms with Gasteiger partial charge in [-0.25, -0.2) is 4.98 Å². The number of imidazole rings is 1. The molecule has 0 saturated carbocycles. The summed E-state index contributed by atoms with van der Waals surface area (Å²) in [7, 11) is 0. The maximum atomic E-state index is 12.3. The molecule has 1 aromatic heterocycles. The van der Waals surface area contributed by atoms with Crippen LogP contribution < -0.4 is 5.32 Å². The molecule has 132 valence electrons. The Hall–Kier alpha value is -2.63. The van der Waals surface area contributed by atoms with E-state index in [9.17, 15) is 9.59 Å². The van der Waals surface area contributed by atoms with E-state index in [0.717, 1.165) is 36.9 Å². The number of likely N-dealkylation sites (tertiary alicyclic amines) is 1. The van der Waals surface area contributed by atoms with Gasteiger partial charge in [0.25, 0.3) is 0 Å². The summed E-state index contributed by atoms with van der Waals surface area (Å²) in [5, 5.41) is 2.94. The third-order valence-electron chi connectivity index (χ3n) is 4.51. The van der Waals surface area contributed by atoms with Crippen molar-refractivity contribution in [1.82, 2.24) is 19.8 Å². The van der Waals surface area contributed by atoms with Crippen LogP contribution in [0.5, 0.6) is 0 Å². The largest absolute Gasteiger partial charge is 0.350 e. The standard InChI is InChI=1S/C19H24N4O2/c24-18(14-22-11-6-2-1-3-9-19(22)25)21-13-16-7-4-5-8-17(16)23-12-10-20-15-23/h4-5,7-8,10,12,15H,1-3,6,9,11,13-14H2,(H,21,24). The molecule has 2 heterocycles. The molecule has 0 atom stereocenters. The first kappa shape index (κ1) is 17.2. The number of aromatic nitrogens is 2. The predicted octanol–water partition coefficient (Wildman–Crippen LogP) is 2.28. The van der Waals surface area contributed by atoms with Crippen LogP contribution in [0.3, 0.4) is 0 Å². The molecule has 0 radical (unpaired) electrons. The van der Waals surface area contributed by atoms with E-state index < -0.39 is 0 Å². The molecule has 1 fully saturated rings. The molecule has 6 nitrogen and oxygen atoms in total. The van der Waals surface area contributed by atoms with Crippen molar-refractivity contribution < 1.29 is 9.59 Å². The van der Waals surface area contributed by atoms with Gasteiger partial charge in [-0.1, -0.05) is 31.0 Å². The molecule has 25 heavy (non-hydrogen) atoms. The van der Waals surface area contributed by atoms with Crippen LogP contribution in [0.25, 0.3) is 5.69 Å². The monoisotopic (exact) mass is 340 g/mol. The smallest absolute Gasteiger partial charge is 0.239 e. The first-order chi connectivity index (χ1) is 12.2. The average Bonchev–Trinajstić information content (AvgIpc) is 3.14. The predicted molar refractivity (Wildman–Crippen MR) is 95.1 cm³/mol. The first-order valence-corrected chi connectivity index (χ1v) is 8.85. The molecule has 2 aromatic rings. The van der Waals surface area contributed by atoms with Gasteiger partial charge in [0.2, 0.25) is 11.8 Å². The number of rotatable bonds is 5. The SMILES string of the molecule is O=C(CN1CCCCCCC1=O)NCc1ccccc1-n1ccnc1. The highest BCUT2D eigenvalue weighted by Gasteiger charge is 2.18. The van der Waals surface area contributed by atoms with E-state index in [2.05, 4.69) is 10.3 Å². The summed E-state index contributed by atoms with van der Waals surface area (Å²) in [6, 6.07) is 7.88. The minimum Gasteiger partial charge on any atom is -0.350 e. The van der Waals surface area contributed by atoms with Gasteiger partial charge in [-0.15, -0.1) is 0 Å². The molecule has 1 saturated heterocycles. The molecular formula is C19H24N4O2. The highest BCUT2D eigenvalue weighted by Crippen LogP contribution is 2.14. The maximum absolute atomic E-state index is 12.3. The van der Waals surface area contributed by atoms with Crippen molar-refractivity contribution in [2.45, 2.75) is 38.6 Å². The number of hydrogen-bond donors (Lipinski definition) is 1. The zero-order chi connectivity index (χ0) is 17.5. The molecule has 0 aliphatic carbocycles. The van der Waals surface area contributed by atoms with Crippen molar-refractivity contribution in [3.8, 4) is 5.69 Å². The molecule has 0 spiro atoms. The lowest BCUT2D eigenvalue weighted by Gasteiger charge is -2.24. The van der Waals surface area contributed by atoms with E-state index in [0.29, 0.717) is 19.5 Å². The quantitative estimate of drug-likeness (QED) is 0.908. The van der Waals surface area contributed by atoms with E-state index in [4.69, 9.17) is 0 Å². The van der Waals surface area contributed by atoms with Crippen LogP contribution in [0.4, 0.5) is 0 Å². The van der Waals surface area contributed by atoms with Crippen LogP contribution in [0.15, 0.2) is 43.0 Å². The summed E-state index contributed by atoms with van der Waals surface area (Å²) >= 11 is 0. The van der Waals surface area contributed by atoms with E-state index >= 15 is 0 Å². The Morgan fingerprint density at radius 1 is 1.16 bits per heavy atom. The Balaban J connectivity index is 1.58. The van der Waals surface area contributed by atoms with Gasteiger partial charge in [-0.3, -0.25) is 9.59 Å². The highest BCUT2D eigenvalue weighted by molar-refractivity contribution is 5.84. The van der Waals surface area contributed by atoms with Gasteiger partial charge in [0, 0.05) is 31.9 Å². The summed E-state index contributed by atoms with van der Waals surface area (Å²) in [6.07, 6.45) is 10.0. The fourth-order valence-electron chi connectivity index (χ4n) is 3.12. The van der Waals surface area contributed by atoms with Crippen LogP contribution in [0, 0.1) is 0 Å².